The van der Waals surface area contributed by atoms with Crippen LogP contribution >= 0.6 is 0 Å². The largest absolute Gasteiger partial charge is 0.497 e. The number of rotatable bonds is 8. The van der Waals surface area contributed by atoms with Crippen LogP contribution in [-0.2, 0) is 11.3 Å². The van der Waals surface area contributed by atoms with E-state index in [4.69, 9.17) is 14.6 Å². The summed E-state index contributed by atoms with van der Waals surface area (Å²) in [5.74, 6) is 0.876. The first-order chi connectivity index (χ1) is 16.2. The Morgan fingerprint density at radius 3 is 2.64 bits per heavy atom. The molecule has 0 saturated heterocycles. The Balaban J connectivity index is 1.58. The number of nitrogens with zero attached hydrogens (tertiary/aromatic N) is 3. The van der Waals surface area contributed by atoms with E-state index in [-0.39, 0.29) is 5.91 Å². The number of nitrogens with one attached hydrogen (secondary N) is 1. The SMILES string of the molecule is COc1ccc(NC(=O)/C=C/c2cn(Cc3ccccc3)nc2-c2cccnc2)c(OC)c1. The molecule has 1 N–H and O–H groups in total. The molecule has 1 amide bonds. The number of carbonyl (C=O) groups excluding carboxylic acids is 1. The number of carbonyl (C=O) groups is 1. The van der Waals surface area contributed by atoms with E-state index in [0.717, 1.165) is 22.4 Å². The summed E-state index contributed by atoms with van der Waals surface area (Å²) in [6.07, 6.45) is 8.63. The predicted octanol–water partition coefficient (Wildman–Crippen LogP) is 4.66. The van der Waals surface area contributed by atoms with Gasteiger partial charge in [0.1, 0.15) is 17.2 Å². The molecule has 0 aliphatic rings. The third-order valence-electron chi connectivity index (χ3n) is 4.99. The molecule has 4 aromatic rings. The molecule has 166 valence electrons. The number of hydrogen-bond donors (Lipinski definition) is 1. The van der Waals surface area contributed by atoms with Crippen molar-refractivity contribution < 1.29 is 14.3 Å². The molecule has 0 aliphatic heterocycles. The third-order valence-corrected chi connectivity index (χ3v) is 4.99. The van der Waals surface area contributed by atoms with Gasteiger partial charge in [0.15, 0.2) is 0 Å². The van der Waals surface area contributed by atoms with Gasteiger partial charge in [-0.15, -0.1) is 0 Å². The van der Waals surface area contributed by atoms with Crippen molar-refractivity contribution in [3.05, 3.63) is 96.5 Å². The van der Waals surface area contributed by atoms with Crippen LogP contribution in [0.1, 0.15) is 11.1 Å². The van der Waals surface area contributed by atoms with Crippen molar-refractivity contribution in [2.45, 2.75) is 6.54 Å². The Hall–Kier alpha value is -4.39. The van der Waals surface area contributed by atoms with Gasteiger partial charge in [0, 0.05) is 41.9 Å². The number of methoxy groups -OCH3 is 2. The summed E-state index contributed by atoms with van der Waals surface area (Å²) < 4.78 is 12.4. The number of ether oxygens (including phenoxy) is 2. The number of anilines is 1. The Bertz CT molecular complexity index is 1250. The normalized spacial score (nSPS) is 10.8. The fraction of sp³-hybridized carbons (Fsp3) is 0.115. The van der Waals surface area contributed by atoms with Gasteiger partial charge in [0.05, 0.1) is 26.5 Å². The minimum atomic E-state index is -0.286. The molecule has 0 saturated carbocycles. The van der Waals surface area contributed by atoms with Crippen LogP contribution < -0.4 is 14.8 Å². The van der Waals surface area contributed by atoms with E-state index in [0.29, 0.717) is 23.7 Å². The zero-order valence-electron chi connectivity index (χ0n) is 18.4. The molecule has 2 aromatic heterocycles. The monoisotopic (exact) mass is 440 g/mol. The van der Waals surface area contributed by atoms with Gasteiger partial charge in [-0.3, -0.25) is 14.5 Å². The van der Waals surface area contributed by atoms with Crippen molar-refractivity contribution in [3.63, 3.8) is 0 Å². The fourth-order valence-corrected chi connectivity index (χ4v) is 3.38. The molecule has 0 aliphatic carbocycles. The Morgan fingerprint density at radius 2 is 1.91 bits per heavy atom. The standard InChI is InChI=1S/C26H24N4O3/c1-32-22-11-12-23(24(15-22)33-2)28-25(31)13-10-21-18-30(17-19-7-4-3-5-8-19)29-26(21)20-9-6-14-27-16-20/h3-16,18H,17H2,1-2H3,(H,28,31)/b13-10+. The van der Waals surface area contributed by atoms with Gasteiger partial charge in [-0.05, 0) is 35.9 Å². The van der Waals surface area contributed by atoms with Gasteiger partial charge in [-0.2, -0.15) is 5.10 Å². The van der Waals surface area contributed by atoms with Crippen LogP contribution in [-0.4, -0.2) is 34.9 Å². The molecule has 33 heavy (non-hydrogen) atoms. The van der Waals surface area contributed by atoms with E-state index in [1.54, 1.807) is 50.9 Å². The second-order valence-corrected chi connectivity index (χ2v) is 7.25. The molecule has 0 bridgehead atoms. The Kier molecular flexibility index (Phi) is 6.80. The molecule has 7 heteroatoms. The summed E-state index contributed by atoms with van der Waals surface area (Å²) in [5.41, 5.74) is 4.14. The number of aromatic nitrogens is 3. The van der Waals surface area contributed by atoms with Gasteiger partial charge >= 0.3 is 0 Å². The quantitative estimate of drug-likeness (QED) is 0.403. The Labute approximate surface area is 192 Å². The second-order valence-electron chi connectivity index (χ2n) is 7.25. The highest BCUT2D eigenvalue weighted by atomic mass is 16.5. The van der Waals surface area contributed by atoms with Crippen molar-refractivity contribution in [2.24, 2.45) is 0 Å². The minimum Gasteiger partial charge on any atom is -0.497 e. The van der Waals surface area contributed by atoms with Crippen LogP contribution in [0.5, 0.6) is 11.5 Å². The number of hydrogen-bond acceptors (Lipinski definition) is 5. The van der Waals surface area contributed by atoms with Gasteiger partial charge in [-0.1, -0.05) is 30.3 Å². The number of benzene rings is 2. The first-order valence-electron chi connectivity index (χ1n) is 10.4. The third kappa shape index (κ3) is 5.46. The number of pyridine rings is 1. The summed E-state index contributed by atoms with van der Waals surface area (Å²) >= 11 is 0. The maximum absolute atomic E-state index is 12.6. The summed E-state index contributed by atoms with van der Waals surface area (Å²) in [4.78, 5) is 16.8. The highest BCUT2D eigenvalue weighted by Crippen LogP contribution is 2.29. The Morgan fingerprint density at radius 1 is 1.06 bits per heavy atom. The molecule has 0 radical (unpaired) electrons. The maximum Gasteiger partial charge on any atom is 0.248 e. The van der Waals surface area contributed by atoms with Gasteiger partial charge < -0.3 is 14.8 Å². The zero-order chi connectivity index (χ0) is 23.0. The maximum atomic E-state index is 12.6. The molecular formula is C26H24N4O3. The lowest BCUT2D eigenvalue weighted by Gasteiger charge is -2.10. The van der Waals surface area contributed by atoms with Crippen molar-refractivity contribution in [1.29, 1.82) is 0 Å². The van der Waals surface area contributed by atoms with Gasteiger partial charge in [-0.25, -0.2) is 0 Å². The van der Waals surface area contributed by atoms with Crippen LogP contribution in [0.3, 0.4) is 0 Å². The molecule has 0 fully saturated rings. The van der Waals surface area contributed by atoms with Crippen LogP contribution in [0.25, 0.3) is 17.3 Å². The van der Waals surface area contributed by atoms with E-state index >= 15 is 0 Å². The predicted molar refractivity (Wildman–Crippen MR) is 128 cm³/mol. The van der Waals surface area contributed by atoms with Gasteiger partial charge in [0.2, 0.25) is 5.91 Å². The van der Waals surface area contributed by atoms with Crippen LogP contribution in [0.4, 0.5) is 5.69 Å². The summed E-state index contributed by atoms with van der Waals surface area (Å²) in [6.45, 7) is 0.622. The first kappa shape index (κ1) is 21.8. The van der Waals surface area contributed by atoms with Crippen molar-refractivity contribution in [2.75, 3.05) is 19.5 Å². The van der Waals surface area contributed by atoms with E-state index in [1.165, 1.54) is 6.08 Å². The number of amides is 1. The van der Waals surface area contributed by atoms with E-state index in [1.807, 2.05) is 41.2 Å². The second kappa shape index (κ2) is 10.3. The summed E-state index contributed by atoms with van der Waals surface area (Å²) in [6, 6.07) is 19.1. The topological polar surface area (TPSA) is 78.3 Å². The average Bonchev–Trinajstić information content (AvgIpc) is 3.26. The van der Waals surface area contributed by atoms with E-state index < -0.39 is 0 Å². The van der Waals surface area contributed by atoms with Crippen molar-refractivity contribution in [3.8, 4) is 22.8 Å². The summed E-state index contributed by atoms with van der Waals surface area (Å²) in [7, 11) is 3.12. The lowest BCUT2D eigenvalue weighted by molar-refractivity contribution is -0.111. The smallest absolute Gasteiger partial charge is 0.248 e. The van der Waals surface area contributed by atoms with Crippen LogP contribution in [0, 0.1) is 0 Å². The van der Waals surface area contributed by atoms with E-state index in [2.05, 4.69) is 22.4 Å². The van der Waals surface area contributed by atoms with Crippen LogP contribution in [0.2, 0.25) is 0 Å². The molecule has 2 heterocycles. The molecule has 0 spiro atoms. The van der Waals surface area contributed by atoms with Crippen molar-refractivity contribution >= 4 is 17.7 Å². The van der Waals surface area contributed by atoms with Gasteiger partial charge in [0.25, 0.3) is 0 Å². The molecule has 4 rings (SSSR count). The van der Waals surface area contributed by atoms with Crippen molar-refractivity contribution in [1.82, 2.24) is 14.8 Å². The average molecular weight is 441 g/mol. The zero-order valence-corrected chi connectivity index (χ0v) is 18.4. The van der Waals surface area contributed by atoms with E-state index in [9.17, 15) is 4.79 Å². The molecule has 0 unspecified atom stereocenters. The molecular weight excluding hydrogens is 416 g/mol. The first-order valence-corrected chi connectivity index (χ1v) is 10.4. The molecule has 7 nitrogen and oxygen atoms in total. The lowest BCUT2D eigenvalue weighted by atomic mass is 10.1. The van der Waals surface area contributed by atoms with Crippen LogP contribution in [0.15, 0.2) is 85.3 Å². The molecule has 2 aromatic carbocycles. The highest BCUT2D eigenvalue weighted by Gasteiger charge is 2.11. The summed E-state index contributed by atoms with van der Waals surface area (Å²) in [5, 5.41) is 7.59. The lowest BCUT2D eigenvalue weighted by Crippen LogP contribution is -2.09. The minimum absolute atomic E-state index is 0.286. The molecule has 0 atom stereocenters. The highest BCUT2D eigenvalue weighted by molar-refractivity contribution is 6.03. The fourth-order valence-electron chi connectivity index (χ4n) is 3.38.